The van der Waals surface area contributed by atoms with Crippen molar-refractivity contribution in [1.29, 1.82) is 0 Å². The first-order valence-electron chi connectivity index (χ1n) is 9.09. The van der Waals surface area contributed by atoms with E-state index in [0.29, 0.717) is 11.3 Å². The lowest BCUT2D eigenvalue weighted by atomic mass is 10.1. The number of fused-ring (bicyclic) bond motifs is 1. The number of carbonyl (C=O) groups is 1. The van der Waals surface area contributed by atoms with Crippen molar-refractivity contribution >= 4 is 16.8 Å². The summed E-state index contributed by atoms with van der Waals surface area (Å²) in [5.74, 6) is -0.232. The molecule has 1 amide bonds. The Morgan fingerprint density at radius 1 is 1.24 bits per heavy atom. The Balaban J connectivity index is 1.70. The number of hydrogen-bond donors (Lipinski definition) is 1. The maximum absolute atomic E-state index is 12.7. The van der Waals surface area contributed by atoms with Crippen LogP contribution < -0.4 is 10.1 Å². The Bertz CT molecular complexity index is 1040. The van der Waals surface area contributed by atoms with Gasteiger partial charge in [-0.1, -0.05) is 0 Å². The number of aryl methyl sites for hydroxylation is 2. The summed E-state index contributed by atoms with van der Waals surface area (Å²) in [6.45, 7) is 4.44. The zero-order valence-corrected chi connectivity index (χ0v) is 16.6. The lowest BCUT2D eigenvalue weighted by molar-refractivity contribution is -0.153. The molecule has 5 nitrogen and oxygen atoms in total. The van der Waals surface area contributed by atoms with Crippen molar-refractivity contribution in [2.75, 3.05) is 6.61 Å². The van der Waals surface area contributed by atoms with Crippen LogP contribution in [0.25, 0.3) is 10.9 Å². The molecule has 2 heterocycles. The predicted octanol–water partition coefficient (Wildman–Crippen LogP) is 4.62. The Hall–Kier alpha value is -3.03. The van der Waals surface area contributed by atoms with Gasteiger partial charge in [-0.3, -0.25) is 9.78 Å². The quantitative estimate of drug-likeness (QED) is 0.674. The molecule has 29 heavy (non-hydrogen) atoms. The summed E-state index contributed by atoms with van der Waals surface area (Å²) < 4.78 is 43.3. The van der Waals surface area contributed by atoms with Gasteiger partial charge in [0.25, 0.3) is 5.91 Å². The van der Waals surface area contributed by atoms with Gasteiger partial charge in [-0.05, 0) is 56.7 Å². The zero-order valence-electron chi connectivity index (χ0n) is 16.6. The molecule has 0 spiro atoms. The van der Waals surface area contributed by atoms with Crippen LogP contribution in [0.2, 0.25) is 0 Å². The first kappa shape index (κ1) is 20.7. The van der Waals surface area contributed by atoms with Crippen LogP contribution in [0.15, 0.2) is 36.5 Å². The van der Waals surface area contributed by atoms with E-state index in [0.717, 1.165) is 22.2 Å². The molecule has 2 aromatic heterocycles. The minimum Gasteiger partial charge on any atom is -0.483 e. The van der Waals surface area contributed by atoms with E-state index in [1.54, 1.807) is 13.0 Å². The average molecular weight is 405 g/mol. The summed E-state index contributed by atoms with van der Waals surface area (Å²) in [5.41, 5.74) is 4.37. The van der Waals surface area contributed by atoms with Crippen LogP contribution in [-0.2, 0) is 7.05 Å². The van der Waals surface area contributed by atoms with E-state index in [1.165, 1.54) is 18.3 Å². The number of nitrogens with one attached hydrogen (secondary N) is 1. The lowest BCUT2D eigenvalue weighted by Crippen LogP contribution is -2.27. The van der Waals surface area contributed by atoms with Crippen molar-refractivity contribution < 1.29 is 22.7 Å². The third-order valence-corrected chi connectivity index (χ3v) is 5.02. The number of aromatic nitrogens is 2. The molecule has 3 aromatic rings. The summed E-state index contributed by atoms with van der Waals surface area (Å²) >= 11 is 0. The molecule has 1 unspecified atom stereocenters. The minimum atomic E-state index is -4.41. The van der Waals surface area contributed by atoms with E-state index in [9.17, 15) is 18.0 Å². The average Bonchev–Trinajstić information content (AvgIpc) is 2.90. The van der Waals surface area contributed by atoms with Crippen molar-refractivity contribution in [2.24, 2.45) is 7.05 Å². The zero-order chi connectivity index (χ0) is 21.3. The molecule has 1 N–H and O–H groups in total. The molecule has 0 saturated heterocycles. The predicted molar refractivity (Wildman–Crippen MR) is 104 cm³/mol. The number of alkyl halides is 3. The topological polar surface area (TPSA) is 56.2 Å². The fourth-order valence-corrected chi connectivity index (χ4v) is 3.15. The van der Waals surface area contributed by atoms with Crippen LogP contribution in [0.5, 0.6) is 5.75 Å². The van der Waals surface area contributed by atoms with Crippen molar-refractivity contribution in [1.82, 2.24) is 14.9 Å². The first-order valence-corrected chi connectivity index (χ1v) is 9.09. The monoisotopic (exact) mass is 405 g/mol. The van der Waals surface area contributed by atoms with Gasteiger partial charge in [0, 0.05) is 29.2 Å². The highest BCUT2D eigenvalue weighted by molar-refractivity contribution is 5.99. The fourth-order valence-electron chi connectivity index (χ4n) is 3.15. The molecule has 0 bridgehead atoms. The van der Waals surface area contributed by atoms with Gasteiger partial charge in [0.05, 0.1) is 17.9 Å². The van der Waals surface area contributed by atoms with Crippen molar-refractivity contribution in [3.63, 3.8) is 0 Å². The summed E-state index contributed by atoms with van der Waals surface area (Å²) in [7, 11) is 1.99. The van der Waals surface area contributed by atoms with Gasteiger partial charge < -0.3 is 14.6 Å². The number of carbonyl (C=O) groups excluding carboxylic acids is 1. The smallest absolute Gasteiger partial charge is 0.422 e. The van der Waals surface area contributed by atoms with E-state index >= 15 is 0 Å². The van der Waals surface area contributed by atoms with E-state index in [2.05, 4.69) is 19.6 Å². The fraction of sp³-hybridized carbons (Fsp3) is 0.333. The van der Waals surface area contributed by atoms with Crippen LogP contribution in [0.1, 0.15) is 40.3 Å². The Morgan fingerprint density at radius 3 is 2.59 bits per heavy atom. The Morgan fingerprint density at radius 2 is 1.97 bits per heavy atom. The van der Waals surface area contributed by atoms with E-state index in [-0.39, 0.29) is 11.7 Å². The molecule has 8 heteroatoms. The number of hydrogen-bond acceptors (Lipinski definition) is 3. The van der Waals surface area contributed by atoms with Gasteiger partial charge in [0.15, 0.2) is 6.61 Å². The van der Waals surface area contributed by atoms with Gasteiger partial charge in [-0.25, -0.2) is 0 Å². The summed E-state index contributed by atoms with van der Waals surface area (Å²) in [6.07, 6.45) is -3.19. The number of halogens is 3. The molecule has 0 fully saturated rings. The molecule has 3 rings (SSSR count). The molecule has 1 aromatic carbocycles. The van der Waals surface area contributed by atoms with Crippen molar-refractivity contribution in [2.45, 2.75) is 33.0 Å². The largest absolute Gasteiger partial charge is 0.483 e. The van der Waals surface area contributed by atoms with Crippen molar-refractivity contribution in [3.05, 3.63) is 59.0 Å². The summed E-state index contributed by atoms with van der Waals surface area (Å²) in [6, 6.07) is 8.06. The Labute approximate surface area is 166 Å². The molecule has 1 atom stereocenters. The maximum atomic E-state index is 12.7. The number of ether oxygens (including phenoxy) is 1. The van der Waals surface area contributed by atoms with Crippen LogP contribution in [-0.4, -0.2) is 28.2 Å². The maximum Gasteiger partial charge on any atom is 0.422 e. The minimum absolute atomic E-state index is 0.0185. The van der Waals surface area contributed by atoms with Crippen LogP contribution >= 0.6 is 0 Å². The van der Waals surface area contributed by atoms with Crippen LogP contribution in [0.4, 0.5) is 13.2 Å². The van der Waals surface area contributed by atoms with Gasteiger partial charge in [0.2, 0.25) is 0 Å². The van der Waals surface area contributed by atoms with E-state index in [4.69, 9.17) is 0 Å². The molecule has 0 aliphatic heterocycles. The number of amides is 1. The highest BCUT2D eigenvalue weighted by Gasteiger charge is 2.28. The van der Waals surface area contributed by atoms with E-state index < -0.39 is 18.8 Å². The molecular formula is C21H22F3N3O2. The molecule has 0 saturated carbocycles. The molecule has 0 aliphatic carbocycles. The van der Waals surface area contributed by atoms with Crippen LogP contribution in [0, 0.1) is 13.8 Å². The number of nitrogens with zero attached hydrogens (tertiary/aromatic N) is 2. The number of rotatable bonds is 5. The number of benzene rings is 1. The normalized spacial score (nSPS) is 12.8. The highest BCUT2D eigenvalue weighted by Crippen LogP contribution is 2.25. The first-order chi connectivity index (χ1) is 13.6. The highest BCUT2D eigenvalue weighted by atomic mass is 19.4. The van der Waals surface area contributed by atoms with Gasteiger partial charge in [-0.15, -0.1) is 0 Å². The lowest BCUT2D eigenvalue weighted by Gasteiger charge is -2.15. The third kappa shape index (κ3) is 4.52. The second-order valence-corrected chi connectivity index (χ2v) is 7.02. The second-order valence-electron chi connectivity index (χ2n) is 7.02. The van der Waals surface area contributed by atoms with Crippen molar-refractivity contribution in [3.8, 4) is 5.75 Å². The SMILES string of the molecule is Cc1c(C)n(C)c2ccc(C(=O)NC(C)c3ccc(OCC(F)(F)F)cn3)cc12. The van der Waals surface area contributed by atoms with Gasteiger partial charge in [-0.2, -0.15) is 13.2 Å². The Kier molecular flexibility index (Phi) is 5.55. The van der Waals surface area contributed by atoms with Gasteiger partial charge in [0.1, 0.15) is 5.75 Å². The van der Waals surface area contributed by atoms with Gasteiger partial charge >= 0.3 is 6.18 Å². The standard InChI is InChI=1S/C21H22F3N3O2/c1-12-14(3)27(4)19-8-5-15(9-17(12)19)20(28)26-13(2)18-7-6-16(10-25-18)29-11-21(22,23)24/h5-10,13H,11H2,1-4H3,(H,26,28). The second kappa shape index (κ2) is 7.77. The molecule has 0 aliphatic rings. The molecule has 0 radical (unpaired) electrons. The number of pyridine rings is 1. The van der Waals surface area contributed by atoms with Crippen LogP contribution in [0.3, 0.4) is 0 Å². The third-order valence-electron chi connectivity index (χ3n) is 5.02. The summed E-state index contributed by atoms with van der Waals surface area (Å²) in [4.78, 5) is 16.8. The summed E-state index contributed by atoms with van der Waals surface area (Å²) in [5, 5.41) is 3.89. The molecule has 154 valence electrons. The molecular weight excluding hydrogens is 383 g/mol. The van der Waals surface area contributed by atoms with E-state index in [1.807, 2.05) is 33.0 Å².